The molecule has 96 valence electrons. The minimum Gasteiger partial charge on any atom is -0.305 e. The Morgan fingerprint density at radius 3 is 2.83 bits per heavy atom. The number of aromatic nitrogens is 3. The zero-order chi connectivity index (χ0) is 13.1. The maximum absolute atomic E-state index is 13.6. The molecule has 1 aromatic carbocycles. The van der Waals surface area contributed by atoms with E-state index in [1.807, 2.05) is 20.0 Å². The largest absolute Gasteiger partial charge is 0.305 e. The van der Waals surface area contributed by atoms with E-state index in [4.69, 9.17) is 0 Å². The molecule has 4 nitrogen and oxygen atoms in total. The number of nitrogens with one attached hydrogen (secondary N) is 1. The first-order chi connectivity index (χ1) is 8.63. The summed E-state index contributed by atoms with van der Waals surface area (Å²) in [7, 11) is 1.82. The van der Waals surface area contributed by atoms with Crippen molar-refractivity contribution in [2.45, 2.75) is 13.0 Å². The molecule has 0 aliphatic heterocycles. The van der Waals surface area contributed by atoms with Crippen molar-refractivity contribution in [1.29, 1.82) is 0 Å². The lowest BCUT2D eigenvalue weighted by Gasteiger charge is -2.18. The molecular formula is C12H14BrFN4. The summed E-state index contributed by atoms with van der Waals surface area (Å²) in [6.45, 7) is 2.78. The first kappa shape index (κ1) is 13.2. The number of rotatable bonds is 4. The van der Waals surface area contributed by atoms with E-state index < -0.39 is 0 Å². The normalized spacial score (nSPS) is 12.7. The molecule has 0 saturated carbocycles. The Hall–Kier alpha value is -1.27. The minimum atomic E-state index is -0.273. The summed E-state index contributed by atoms with van der Waals surface area (Å²) in [5, 5.41) is 11.1. The number of hydrogen-bond donors (Lipinski definition) is 1. The van der Waals surface area contributed by atoms with Gasteiger partial charge in [-0.2, -0.15) is 0 Å². The SMILES string of the molecule is CCNC(c1ccc(Br)c(F)c1)c1cnnn1C. The summed E-state index contributed by atoms with van der Waals surface area (Å²) in [5.74, 6) is -0.273. The van der Waals surface area contributed by atoms with Gasteiger partial charge in [0.1, 0.15) is 5.82 Å². The third-order valence-corrected chi connectivity index (χ3v) is 3.37. The van der Waals surface area contributed by atoms with Crippen LogP contribution in [0, 0.1) is 5.82 Å². The Balaban J connectivity index is 2.41. The number of nitrogens with zero attached hydrogens (tertiary/aromatic N) is 3. The van der Waals surface area contributed by atoms with Crippen molar-refractivity contribution in [3.05, 3.63) is 45.9 Å². The van der Waals surface area contributed by atoms with Gasteiger partial charge in [0.2, 0.25) is 0 Å². The van der Waals surface area contributed by atoms with Crippen molar-refractivity contribution < 1.29 is 4.39 Å². The maximum atomic E-state index is 13.6. The Bertz CT molecular complexity index is 541. The average molecular weight is 313 g/mol. The van der Waals surface area contributed by atoms with Crippen LogP contribution in [-0.4, -0.2) is 21.5 Å². The Morgan fingerprint density at radius 2 is 2.28 bits per heavy atom. The highest BCUT2D eigenvalue weighted by atomic mass is 79.9. The zero-order valence-electron chi connectivity index (χ0n) is 10.2. The molecule has 1 aromatic heterocycles. The van der Waals surface area contributed by atoms with E-state index >= 15 is 0 Å². The van der Waals surface area contributed by atoms with Gasteiger partial charge in [0.25, 0.3) is 0 Å². The van der Waals surface area contributed by atoms with Crippen molar-refractivity contribution in [1.82, 2.24) is 20.3 Å². The van der Waals surface area contributed by atoms with Gasteiger partial charge < -0.3 is 5.32 Å². The lowest BCUT2D eigenvalue weighted by Crippen LogP contribution is -2.24. The lowest BCUT2D eigenvalue weighted by atomic mass is 10.0. The van der Waals surface area contributed by atoms with E-state index in [1.54, 1.807) is 16.9 Å². The van der Waals surface area contributed by atoms with Gasteiger partial charge in [-0.15, -0.1) is 5.10 Å². The van der Waals surface area contributed by atoms with Crippen LogP contribution in [-0.2, 0) is 7.05 Å². The molecule has 1 atom stereocenters. The molecule has 1 unspecified atom stereocenters. The van der Waals surface area contributed by atoms with Crippen LogP contribution in [0.25, 0.3) is 0 Å². The second-order valence-corrected chi connectivity index (χ2v) is 4.80. The molecule has 1 N–H and O–H groups in total. The van der Waals surface area contributed by atoms with Gasteiger partial charge in [-0.25, -0.2) is 4.39 Å². The summed E-state index contributed by atoms with van der Waals surface area (Å²) in [4.78, 5) is 0. The van der Waals surface area contributed by atoms with Crippen molar-refractivity contribution in [3.8, 4) is 0 Å². The third-order valence-electron chi connectivity index (χ3n) is 2.73. The lowest BCUT2D eigenvalue weighted by molar-refractivity contribution is 0.560. The maximum Gasteiger partial charge on any atom is 0.137 e. The van der Waals surface area contributed by atoms with Gasteiger partial charge in [0, 0.05) is 7.05 Å². The highest BCUT2D eigenvalue weighted by Crippen LogP contribution is 2.24. The summed E-state index contributed by atoms with van der Waals surface area (Å²) < 4.78 is 15.8. The van der Waals surface area contributed by atoms with Crippen molar-refractivity contribution in [2.75, 3.05) is 6.54 Å². The predicted molar refractivity (Wildman–Crippen MR) is 70.6 cm³/mol. The quantitative estimate of drug-likeness (QED) is 0.943. The van der Waals surface area contributed by atoms with E-state index in [0.717, 1.165) is 17.8 Å². The summed E-state index contributed by atoms with van der Waals surface area (Å²) in [5.41, 5.74) is 1.75. The molecule has 0 bridgehead atoms. The van der Waals surface area contributed by atoms with Crippen LogP contribution in [0.3, 0.4) is 0 Å². The fourth-order valence-electron chi connectivity index (χ4n) is 1.85. The molecule has 2 rings (SSSR count). The van der Waals surface area contributed by atoms with Crippen molar-refractivity contribution in [2.24, 2.45) is 7.05 Å². The van der Waals surface area contributed by atoms with Crippen molar-refractivity contribution >= 4 is 15.9 Å². The minimum absolute atomic E-state index is 0.113. The van der Waals surface area contributed by atoms with Crippen LogP contribution < -0.4 is 5.32 Å². The molecule has 1 heterocycles. The van der Waals surface area contributed by atoms with Crippen molar-refractivity contribution in [3.63, 3.8) is 0 Å². The molecule has 18 heavy (non-hydrogen) atoms. The molecule has 0 aliphatic rings. The molecule has 6 heteroatoms. The number of halogens is 2. The number of hydrogen-bond acceptors (Lipinski definition) is 3. The monoisotopic (exact) mass is 312 g/mol. The summed E-state index contributed by atoms with van der Waals surface area (Å²) in [6, 6.07) is 4.99. The fourth-order valence-corrected chi connectivity index (χ4v) is 2.09. The van der Waals surface area contributed by atoms with Gasteiger partial charge in [-0.05, 0) is 40.2 Å². The number of aryl methyl sites for hydroxylation is 1. The standard InChI is InChI=1S/C12H14BrFN4/c1-3-15-12(11-7-16-17-18(11)2)8-4-5-9(13)10(14)6-8/h4-7,12,15H,3H2,1-2H3. The molecule has 0 amide bonds. The van der Waals surface area contributed by atoms with E-state index in [-0.39, 0.29) is 11.9 Å². The molecule has 2 aromatic rings. The van der Waals surface area contributed by atoms with Gasteiger partial charge in [-0.3, -0.25) is 4.68 Å². The Kier molecular flexibility index (Phi) is 4.08. The second-order valence-electron chi connectivity index (χ2n) is 3.95. The van der Waals surface area contributed by atoms with E-state index in [9.17, 15) is 4.39 Å². The molecule has 0 fully saturated rings. The molecule has 0 radical (unpaired) electrons. The van der Waals surface area contributed by atoms with Crippen LogP contribution >= 0.6 is 15.9 Å². The van der Waals surface area contributed by atoms with Crippen LogP contribution in [0.5, 0.6) is 0 Å². The fraction of sp³-hybridized carbons (Fsp3) is 0.333. The second kappa shape index (κ2) is 5.58. The highest BCUT2D eigenvalue weighted by molar-refractivity contribution is 9.10. The highest BCUT2D eigenvalue weighted by Gasteiger charge is 2.18. The molecule has 0 spiro atoms. The smallest absolute Gasteiger partial charge is 0.137 e. The van der Waals surface area contributed by atoms with Crippen LogP contribution in [0.15, 0.2) is 28.9 Å². The third kappa shape index (κ3) is 2.59. The Morgan fingerprint density at radius 1 is 1.50 bits per heavy atom. The first-order valence-corrected chi connectivity index (χ1v) is 6.45. The predicted octanol–water partition coefficient (Wildman–Crippen LogP) is 2.42. The van der Waals surface area contributed by atoms with E-state index in [0.29, 0.717) is 4.47 Å². The topological polar surface area (TPSA) is 42.7 Å². The zero-order valence-corrected chi connectivity index (χ0v) is 11.8. The van der Waals surface area contributed by atoms with Crippen LogP contribution in [0.1, 0.15) is 24.2 Å². The van der Waals surface area contributed by atoms with Crippen LogP contribution in [0.2, 0.25) is 0 Å². The number of benzene rings is 1. The van der Waals surface area contributed by atoms with Gasteiger partial charge in [0.05, 0.1) is 22.4 Å². The van der Waals surface area contributed by atoms with Crippen LogP contribution in [0.4, 0.5) is 4.39 Å². The van der Waals surface area contributed by atoms with Gasteiger partial charge in [-0.1, -0.05) is 18.2 Å². The summed E-state index contributed by atoms with van der Waals surface area (Å²) >= 11 is 3.16. The van der Waals surface area contributed by atoms with Gasteiger partial charge in [0.15, 0.2) is 0 Å². The molecular weight excluding hydrogens is 299 g/mol. The summed E-state index contributed by atoms with van der Waals surface area (Å²) in [6.07, 6.45) is 1.69. The van der Waals surface area contributed by atoms with Gasteiger partial charge >= 0.3 is 0 Å². The van der Waals surface area contributed by atoms with E-state index in [2.05, 4.69) is 31.6 Å². The molecule has 0 saturated heterocycles. The molecule has 0 aliphatic carbocycles. The van der Waals surface area contributed by atoms with E-state index in [1.165, 1.54) is 6.07 Å². The first-order valence-electron chi connectivity index (χ1n) is 5.66. The Labute approximate surface area is 113 Å². The average Bonchev–Trinajstić information content (AvgIpc) is 2.76.